The highest BCUT2D eigenvalue weighted by Gasteiger charge is 2.09. The fourth-order valence-corrected chi connectivity index (χ4v) is 2.30. The number of aryl methyl sites for hydroxylation is 1. The topological polar surface area (TPSA) is 63.2 Å². The molecule has 7 heteroatoms. The Kier molecular flexibility index (Phi) is 6.28. The zero-order valence-electron chi connectivity index (χ0n) is 12.7. The molecule has 2 N–H and O–H groups in total. The third kappa shape index (κ3) is 5.14. The van der Waals surface area contributed by atoms with E-state index in [2.05, 4.69) is 38.2 Å². The van der Waals surface area contributed by atoms with E-state index in [1.807, 2.05) is 26.0 Å². The minimum atomic E-state index is -0.284. The van der Waals surface area contributed by atoms with Crippen LogP contribution in [-0.4, -0.2) is 22.6 Å². The van der Waals surface area contributed by atoms with Gasteiger partial charge in [0.15, 0.2) is 5.11 Å². The largest absolute Gasteiger partial charge is 0.494 e. The van der Waals surface area contributed by atoms with Crippen LogP contribution >= 0.6 is 34.8 Å². The van der Waals surface area contributed by atoms with Gasteiger partial charge in [0.25, 0.3) is 5.91 Å². The van der Waals surface area contributed by atoms with Crippen LogP contribution in [0.5, 0.6) is 5.75 Å². The number of carbonyl (C=O) groups is 1. The Morgan fingerprint density at radius 3 is 2.57 bits per heavy atom. The molecule has 1 aromatic heterocycles. The number of carbonyl (C=O) groups excluding carboxylic acids is 1. The Hall–Kier alpha value is -1.74. The predicted molar refractivity (Wildman–Crippen MR) is 103 cm³/mol. The van der Waals surface area contributed by atoms with Crippen LogP contribution in [0.3, 0.4) is 0 Å². The van der Waals surface area contributed by atoms with Gasteiger partial charge in [0.05, 0.1) is 12.3 Å². The maximum Gasteiger partial charge on any atom is 0.257 e. The summed E-state index contributed by atoms with van der Waals surface area (Å²) in [7, 11) is 0. The Labute approximate surface area is 154 Å². The molecule has 2 rings (SSSR count). The maximum absolute atomic E-state index is 12.1. The second-order valence-corrected chi connectivity index (χ2v) is 6.20. The number of nitrogens with zero attached hydrogens (tertiary/aromatic N) is 1. The lowest BCUT2D eigenvalue weighted by Crippen LogP contribution is -2.34. The van der Waals surface area contributed by atoms with E-state index in [1.165, 1.54) is 0 Å². The van der Waals surface area contributed by atoms with Crippen LogP contribution in [0.1, 0.15) is 23.0 Å². The number of amides is 1. The van der Waals surface area contributed by atoms with E-state index >= 15 is 0 Å². The van der Waals surface area contributed by atoms with Crippen LogP contribution in [0.2, 0.25) is 0 Å². The molecule has 23 heavy (non-hydrogen) atoms. The molecule has 5 nitrogen and oxygen atoms in total. The molecule has 0 atom stereocenters. The second-order valence-electron chi connectivity index (χ2n) is 4.63. The Balaban J connectivity index is 1.96. The average Bonchev–Trinajstić information content (AvgIpc) is 2.52. The SMILES string of the molecule is CCOc1ccc(C(=O)NC(=S)Nc2ccc(I)c(C)n2)cc1. The van der Waals surface area contributed by atoms with Gasteiger partial charge in [0, 0.05) is 9.13 Å². The number of ether oxygens (including phenoxy) is 1. The van der Waals surface area contributed by atoms with Crippen molar-refractivity contribution in [1.29, 1.82) is 0 Å². The number of pyridine rings is 1. The van der Waals surface area contributed by atoms with Gasteiger partial charge in [-0.2, -0.15) is 0 Å². The third-order valence-electron chi connectivity index (χ3n) is 2.92. The summed E-state index contributed by atoms with van der Waals surface area (Å²) in [5.41, 5.74) is 1.40. The first-order chi connectivity index (χ1) is 11.0. The summed E-state index contributed by atoms with van der Waals surface area (Å²) in [4.78, 5) is 16.5. The van der Waals surface area contributed by atoms with Crippen molar-refractivity contribution >= 4 is 51.6 Å². The van der Waals surface area contributed by atoms with Gasteiger partial charge in [0.2, 0.25) is 0 Å². The van der Waals surface area contributed by atoms with E-state index in [0.717, 1.165) is 15.0 Å². The quantitative estimate of drug-likeness (QED) is 0.562. The standard InChI is InChI=1S/C16H16IN3O2S/c1-3-22-12-6-4-11(5-7-12)15(21)20-16(23)19-14-9-8-13(17)10(2)18-14/h4-9H,3H2,1-2H3,(H2,18,19,20,21,23). The monoisotopic (exact) mass is 441 g/mol. The smallest absolute Gasteiger partial charge is 0.257 e. The molecule has 0 spiro atoms. The lowest BCUT2D eigenvalue weighted by molar-refractivity contribution is 0.0977. The van der Waals surface area contributed by atoms with E-state index < -0.39 is 0 Å². The van der Waals surface area contributed by atoms with E-state index in [4.69, 9.17) is 17.0 Å². The van der Waals surface area contributed by atoms with Crippen LogP contribution in [-0.2, 0) is 0 Å². The number of rotatable bonds is 4. The highest BCUT2D eigenvalue weighted by atomic mass is 127. The summed E-state index contributed by atoms with van der Waals surface area (Å²) >= 11 is 7.35. The van der Waals surface area contributed by atoms with E-state index in [0.29, 0.717) is 18.0 Å². The lowest BCUT2D eigenvalue weighted by Gasteiger charge is -2.10. The molecule has 0 radical (unpaired) electrons. The van der Waals surface area contributed by atoms with Crippen molar-refractivity contribution in [2.24, 2.45) is 0 Å². The zero-order chi connectivity index (χ0) is 16.8. The van der Waals surface area contributed by atoms with Crippen molar-refractivity contribution in [3.63, 3.8) is 0 Å². The van der Waals surface area contributed by atoms with Gasteiger partial charge in [-0.3, -0.25) is 10.1 Å². The molecule has 0 aliphatic heterocycles. The summed E-state index contributed by atoms with van der Waals surface area (Å²) in [6.45, 7) is 4.40. The molecule has 1 amide bonds. The van der Waals surface area contributed by atoms with E-state index in [9.17, 15) is 4.79 Å². The fourth-order valence-electron chi connectivity index (χ4n) is 1.81. The molecule has 0 saturated carbocycles. The van der Waals surface area contributed by atoms with Crippen LogP contribution < -0.4 is 15.4 Å². The van der Waals surface area contributed by atoms with E-state index in [1.54, 1.807) is 24.3 Å². The summed E-state index contributed by atoms with van der Waals surface area (Å²) in [5, 5.41) is 5.74. The Bertz CT molecular complexity index is 720. The first kappa shape index (κ1) is 17.6. The minimum Gasteiger partial charge on any atom is -0.494 e. The molecule has 0 bridgehead atoms. The van der Waals surface area contributed by atoms with Crippen molar-refractivity contribution < 1.29 is 9.53 Å². The van der Waals surface area contributed by atoms with Gasteiger partial charge in [-0.15, -0.1) is 0 Å². The molecular formula is C16H16IN3O2S. The van der Waals surface area contributed by atoms with Gasteiger partial charge in [0.1, 0.15) is 11.6 Å². The molecule has 0 fully saturated rings. The van der Waals surface area contributed by atoms with Crippen molar-refractivity contribution in [2.45, 2.75) is 13.8 Å². The molecule has 0 saturated heterocycles. The maximum atomic E-state index is 12.1. The normalized spacial score (nSPS) is 10.0. The van der Waals surface area contributed by atoms with Gasteiger partial charge in [-0.1, -0.05) is 0 Å². The fraction of sp³-hybridized carbons (Fsp3) is 0.188. The molecule has 120 valence electrons. The van der Waals surface area contributed by atoms with Gasteiger partial charge >= 0.3 is 0 Å². The van der Waals surface area contributed by atoms with Crippen molar-refractivity contribution in [3.8, 4) is 5.75 Å². The van der Waals surface area contributed by atoms with E-state index in [-0.39, 0.29) is 11.0 Å². The molecule has 0 unspecified atom stereocenters. The van der Waals surface area contributed by atoms with Crippen LogP contribution in [0.15, 0.2) is 36.4 Å². The number of anilines is 1. The molecule has 0 aliphatic carbocycles. The van der Waals surface area contributed by atoms with Gasteiger partial charge in [-0.25, -0.2) is 4.98 Å². The molecular weight excluding hydrogens is 425 g/mol. The Morgan fingerprint density at radius 1 is 1.26 bits per heavy atom. The van der Waals surface area contributed by atoms with Crippen molar-refractivity contribution in [2.75, 3.05) is 11.9 Å². The first-order valence-electron chi connectivity index (χ1n) is 6.98. The number of hydrogen-bond donors (Lipinski definition) is 2. The first-order valence-corrected chi connectivity index (χ1v) is 8.46. The number of benzene rings is 1. The number of aromatic nitrogens is 1. The highest BCUT2D eigenvalue weighted by molar-refractivity contribution is 14.1. The second kappa shape index (κ2) is 8.21. The highest BCUT2D eigenvalue weighted by Crippen LogP contribution is 2.13. The third-order valence-corrected chi connectivity index (χ3v) is 4.26. The zero-order valence-corrected chi connectivity index (χ0v) is 15.7. The number of hydrogen-bond acceptors (Lipinski definition) is 4. The summed E-state index contributed by atoms with van der Waals surface area (Å²) < 4.78 is 6.41. The number of halogens is 1. The molecule has 2 aromatic rings. The summed E-state index contributed by atoms with van der Waals surface area (Å²) in [5.74, 6) is 1.04. The van der Waals surface area contributed by atoms with Gasteiger partial charge in [-0.05, 0) is 85.1 Å². The molecule has 1 heterocycles. The Morgan fingerprint density at radius 2 is 1.96 bits per heavy atom. The van der Waals surface area contributed by atoms with Crippen LogP contribution in [0.4, 0.5) is 5.82 Å². The minimum absolute atomic E-state index is 0.206. The molecule has 0 aliphatic rings. The van der Waals surface area contributed by atoms with Crippen LogP contribution in [0.25, 0.3) is 0 Å². The van der Waals surface area contributed by atoms with Crippen molar-refractivity contribution in [1.82, 2.24) is 10.3 Å². The molecule has 1 aromatic carbocycles. The summed E-state index contributed by atoms with van der Waals surface area (Å²) in [6.07, 6.45) is 0. The van der Waals surface area contributed by atoms with Gasteiger partial charge < -0.3 is 10.1 Å². The summed E-state index contributed by atoms with van der Waals surface area (Å²) in [6, 6.07) is 10.6. The van der Waals surface area contributed by atoms with Crippen LogP contribution in [0, 0.1) is 10.5 Å². The van der Waals surface area contributed by atoms with Crippen molar-refractivity contribution in [3.05, 3.63) is 51.2 Å². The number of thiocarbonyl (C=S) groups is 1. The average molecular weight is 441 g/mol. The number of nitrogens with one attached hydrogen (secondary N) is 2. The predicted octanol–water partition coefficient (Wildman–Crippen LogP) is 3.52. The lowest BCUT2D eigenvalue weighted by atomic mass is 10.2.